The number of alkyl halides is 3. The maximum atomic E-state index is 12.8. The van der Waals surface area contributed by atoms with E-state index in [4.69, 9.17) is 9.26 Å². The Morgan fingerprint density at radius 1 is 1.13 bits per heavy atom. The van der Waals surface area contributed by atoms with E-state index in [9.17, 15) is 22.8 Å². The van der Waals surface area contributed by atoms with Gasteiger partial charge in [-0.2, -0.15) is 18.2 Å². The summed E-state index contributed by atoms with van der Waals surface area (Å²) in [7, 11) is 0. The fraction of sp³-hybridized carbons (Fsp3) is 0.238. The van der Waals surface area contributed by atoms with Crippen molar-refractivity contribution in [3.63, 3.8) is 0 Å². The summed E-state index contributed by atoms with van der Waals surface area (Å²) in [5, 5.41) is 6.40. The normalized spacial score (nSPS) is 13.6. The lowest BCUT2D eigenvalue weighted by Crippen LogP contribution is -2.13. The molecule has 1 saturated carbocycles. The lowest BCUT2D eigenvalue weighted by atomic mass is 10.1. The summed E-state index contributed by atoms with van der Waals surface area (Å²) in [4.78, 5) is 27.9. The molecule has 0 spiro atoms. The Morgan fingerprint density at radius 3 is 2.55 bits per heavy atom. The lowest BCUT2D eigenvalue weighted by Gasteiger charge is -2.06. The number of carbonyl (C=O) groups is 2. The largest absolute Gasteiger partial charge is 0.452 e. The molecular formula is C21H16F3N3O4. The highest BCUT2D eigenvalue weighted by atomic mass is 19.4. The summed E-state index contributed by atoms with van der Waals surface area (Å²) < 4.78 is 48.6. The van der Waals surface area contributed by atoms with Crippen LogP contribution in [0.3, 0.4) is 0 Å². The van der Waals surface area contributed by atoms with E-state index >= 15 is 0 Å². The Morgan fingerprint density at radius 2 is 1.87 bits per heavy atom. The van der Waals surface area contributed by atoms with Gasteiger partial charge in [-0.3, -0.25) is 4.79 Å². The molecule has 1 fully saturated rings. The van der Waals surface area contributed by atoms with Crippen molar-refractivity contribution >= 4 is 17.6 Å². The number of nitrogens with zero attached hydrogens (tertiary/aromatic N) is 2. The van der Waals surface area contributed by atoms with Gasteiger partial charge in [0.25, 0.3) is 5.89 Å². The molecule has 31 heavy (non-hydrogen) atoms. The molecule has 4 rings (SSSR count). The summed E-state index contributed by atoms with van der Waals surface area (Å²) in [6, 6.07) is 10.7. The predicted molar refractivity (Wildman–Crippen MR) is 102 cm³/mol. The van der Waals surface area contributed by atoms with Crippen LogP contribution in [0.2, 0.25) is 0 Å². The van der Waals surface area contributed by atoms with Crippen molar-refractivity contribution in [2.75, 3.05) is 5.32 Å². The summed E-state index contributed by atoms with van der Waals surface area (Å²) >= 11 is 0. The third-order valence-electron chi connectivity index (χ3n) is 4.58. The predicted octanol–water partition coefficient (Wildman–Crippen LogP) is 4.46. The molecule has 1 aliphatic rings. The van der Waals surface area contributed by atoms with Crippen molar-refractivity contribution in [1.29, 1.82) is 0 Å². The third-order valence-corrected chi connectivity index (χ3v) is 4.58. The maximum Gasteiger partial charge on any atom is 0.416 e. The van der Waals surface area contributed by atoms with Gasteiger partial charge in [0.15, 0.2) is 6.61 Å². The van der Waals surface area contributed by atoms with E-state index in [1.54, 1.807) is 12.1 Å². The summed E-state index contributed by atoms with van der Waals surface area (Å²) in [6.07, 6.45) is -2.71. The molecular weight excluding hydrogens is 415 g/mol. The number of esters is 1. The number of anilines is 1. The molecule has 1 aliphatic carbocycles. The molecule has 0 atom stereocenters. The zero-order chi connectivity index (χ0) is 22.0. The van der Waals surface area contributed by atoms with Gasteiger partial charge in [0, 0.05) is 17.2 Å². The van der Waals surface area contributed by atoms with Gasteiger partial charge < -0.3 is 14.6 Å². The highest BCUT2D eigenvalue weighted by Crippen LogP contribution is 2.32. The van der Waals surface area contributed by atoms with Gasteiger partial charge in [0.2, 0.25) is 11.7 Å². The Labute approximate surface area is 174 Å². The number of hydrogen-bond acceptors (Lipinski definition) is 6. The smallest absolute Gasteiger partial charge is 0.416 e. The number of hydrogen-bond donors (Lipinski definition) is 1. The molecule has 7 nitrogen and oxygen atoms in total. The quantitative estimate of drug-likeness (QED) is 0.579. The molecule has 2 aromatic carbocycles. The van der Waals surface area contributed by atoms with E-state index < -0.39 is 17.7 Å². The van der Waals surface area contributed by atoms with Crippen molar-refractivity contribution in [2.45, 2.75) is 25.6 Å². The number of benzene rings is 2. The Balaban J connectivity index is 1.35. The van der Waals surface area contributed by atoms with Crippen LogP contribution in [0.4, 0.5) is 18.9 Å². The van der Waals surface area contributed by atoms with Crippen LogP contribution in [-0.2, 0) is 22.3 Å². The first-order valence-corrected chi connectivity index (χ1v) is 9.38. The zero-order valence-corrected chi connectivity index (χ0v) is 16.0. The number of rotatable bonds is 6. The molecule has 0 aliphatic heterocycles. The van der Waals surface area contributed by atoms with Crippen LogP contribution in [0.25, 0.3) is 11.4 Å². The number of ether oxygens (including phenoxy) is 1. The summed E-state index contributed by atoms with van der Waals surface area (Å²) in [5.74, 6) is -0.732. The standard InChI is InChI=1S/C21H16F3N3O4/c22-21(23,24)15-3-1-2-14(10-15)18-26-17(31-27-18)11-30-20(29)13-6-8-16(9-7-13)25-19(28)12-4-5-12/h1-3,6-10,12H,4-5,11H2,(H,25,28). The average molecular weight is 431 g/mol. The van der Waals surface area contributed by atoms with Crippen LogP contribution in [0.1, 0.15) is 34.7 Å². The second-order valence-electron chi connectivity index (χ2n) is 7.01. The molecule has 0 radical (unpaired) electrons. The molecule has 0 unspecified atom stereocenters. The van der Waals surface area contributed by atoms with E-state index in [1.165, 1.54) is 24.3 Å². The number of nitrogens with one attached hydrogen (secondary N) is 1. The monoisotopic (exact) mass is 431 g/mol. The van der Waals surface area contributed by atoms with E-state index in [1.807, 2.05) is 0 Å². The summed E-state index contributed by atoms with van der Waals surface area (Å²) in [5.41, 5.74) is 0.123. The molecule has 1 aromatic heterocycles. The fourth-order valence-electron chi connectivity index (χ4n) is 2.76. The number of halogens is 3. The van der Waals surface area contributed by atoms with Gasteiger partial charge in [-0.05, 0) is 49.2 Å². The number of amides is 1. The third kappa shape index (κ3) is 5.08. The molecule has 1 N–H and O–H groups in total. The molecule has 10 heteroatoms. The molecule has 0 saturated heterocycles. The highest BCUT2D eigenvalue weighted by molar-refractivity contribution is 5.95. The minimum Gasteiger partial charge on any atom is -0.452 e. The van der Waals surface area contributed by atoms with Gasteiger partial charge in [-0.15, -0.1) is 0 Å². The Bertz CT molecular complexity index is 1110. The van der Waals surface area contributed by atoms with Crippen LogP contribution in [0.5, 0.6) is 0 Å². The zero-order valence-electron chi connectivity index (χ0n) is 16.0. The van der Waals surface area contributed by atoms with Gasteiger partial charge in [-0.25, -0.2) is 4.79 Å². The van der Waals surface area contributed by atoms with Gasteiger partial charge >= 0.3 is 12.1 Å². The lowest BCUT2D eigenvalue weighted by molar-refractivity contribution is -0.137. The second-order valence-corrected chi connectivity index (χ2v) is 7.01. The van der Waals surface area contributed by atoms with Crippen LogP contribution >= 0.6 is 0 Å². The molecule has 160 valence electrons. The van der Waals surface area contributed by atoms with Crippen molar-refractivity contribution in [3.8, 4) is 11.4 Å². The SMILES string of the molecule is O=C(OCc1nc(-c2cccc(C(F)(F)F)c2)no1)c1ccc(NC(=O)C2CC2)cc1. The van der Waals surface area contributed by atoms with Gasteiger partial charge in [0.05, 0.1) is 11.1 Å². The van der Waals surface area contributed by atoms with E-state index in [0.717, 1.165) is 25.0 Å². The maximum absolute atomic E-state index is 12.8. The second kappa shape index (κ2) is 8.21. The first-order valence-electron chi connectivity index (χ1n) is 9.38. The van der Waals surface area contributed by atoms with Gasteiger partial charge in [-0.1, -0.05) is 17.3 Å². The van der Waals surface area contributed by atoms with E-state index in [-0.39, 0.29) is 41.3 Å². The van der Waals surface area contributed by atoms with E-state index in [0.29, 0.717) is 5.69 Å². The first kappa shape index (κ1) is 20.6. The van der Waals surface area contributed by atoms with Crippen LogP contribution < -0.4 is 5.32 Å². The van der Waals surface area contributed by atoms with Crippen molar-refractivity contribution in [2.24, 2.45) is 5.92 Å². The molecule has 3 aromatic rings. The van der Waals surface area contributed by atoms with E-state index in [2.05, 4.69) is 15.5 Å². The Hall–Kier alpha value is -3.69. The molecule has 0 bridgehead atoms. The number of carbonyl (C=O) groups excluding carboxylic acids is 2. The molecule has 1 heterocycles. The first-order chi connectivity index (χ1) is 14.8. The highest BCUT2D eigenvalue weighted by Gasteiger charge is 2.31. The van der Waals surface area contributed by atoms with Crippen molar-refractivity contribution < 1.29 is 32.0 Å². The van der Waals surface area contributed by atoms with Crippen LogP contribution in [-0.4, -0.2) is 22.0 Å². The average Bonchev–Trinajstić information content (AvgIpc) is 3.50. The topological polar surface area (TPSA) is 94.3 Å². The fourth-order valence-corrected chi connectivity index (χ4v) is 2.76. The van der Waals surface area contributed by atoms with Crippen molar-refractivity contribution in [3.05, 3.63) is 65.5 Å². The van der Waals surface area contributed by atoms with Gasteiger partial charge in [0.1, 0.15) is 0 Å². The minimum absolute atomic E-state index is 0.0386. The van der Waals surface area contributed by atoms with Crippen molar-refractivity contribution in [1.82, 2.24) is 10.1 Å². The van der Waals surface area contributed by atoms with Crippen LogP contribution in [0.15, 0.2) is 53.1 Å². The minimum atomic E-state index is -4.49. The Kier molecular flexibility index (Phi) is 5.45. The number of aromatic nitrogens is 2. The summed E-state index contributed by atoms with van der Waals surface area (Å²) in [6.45, 7) is -0.342. The molecule has 1 amide bonds. The van der Waals surface area contributed by atoms with Crippen LogP contribution in [0, 0.1) is 5.92 Å².